The fourth-order valence-electron chi connectivity index (χ4n) is 1.61. The lowest BCUT2D eigenvalue weighted by Gasteiger charge is -2.10. The molecule has 1 aromatic carbocycles. The second-order valence-corrected chi connectivity index (χ2v) is 5.85. The molecule has 0 aliphatic heterocycles. The van der Waals surface area contributed by atoms with Gasteiger partial charge in [-0.25, -0.2) is 0 Å². The number of hydrogen-bond donors (Lipinski definition) is 1. The fourth-order valence-corrected chi connectivity index (χ4v) is 2.38. The maximum absolute atomic E-state index is 12.0. The van der Waals surface area contributed by atoms with Gasteiger partial charge < -0.3 is 5.32 Å². The van der Waals surface area contributed by atoms with E-state index in [0.717, 1.165) is 12.8 Å². The zero-order valence-corrected chi connectivity index (χ0v) is 11.2. The number of thioether (sulfide) groups is 1. The molecule has 18 heavy (non-hydrogen) atoms. The average molecular weight is 263 g/mol. The molecule has 3 nitrogen and oxygen atoms in total. The topological polar surface area (TPSA) is 46.2 Å². The number of carbonyl (C=O) groups excluding carboxylic acids is 2. The molecule has 4 heteroatoms. The fraction of sp³-hybridized carbons (Fsp3) is 0.429. The van der Waals surface area contributed by atoms with Gasteiger partial charge in [-0.3, -0.25) is 9.59 Å². The van der Waals surface area contributed by atoms with Crippen LogP contribution in [-0.4, -0.2) is 28.7 Å². The van der Waals surface area contributed by atoms with Crippen LogP contribution >= 0.6 is 11.8 Å². The molecule has 1 fully saturated rings. The Labute approximate surface area is 111 Å². The molecule has 1 aliphatic carbocycles. The van der Waals surface area contributed by atoms with Gasteiger partial charge >= 0.3 is 0 Å². The van der Waals surface area contributed by atoms with Gasteiger partial charge in [0.1, 0.15) is 0 Å². The first-order valence-corrected chi connectivity index (χ1v) is 7.22. The predicted octanol–water partition coefficient (Wildman–Crippen LogP) is 2.27. The molecular weight excluding hydrogens is 246 g/mol. The van der Waals surface area contributed by atoms with Crippen LogP contribution in [0.1, 0.15) is 30.1 Å². The second-order valence-electron chi connectivity index (χ2n) is 4.53. The maximum atomic E-state index is 12.0. The highest BCUT2D eigenvalue weighted by Crippen LogP contribution is 2.20. The number of carbonyl (C=O) groups is 2. The molecule has 0 aromatic heterocycles. The SMILES string of the molecule is CC(SCC(=O)NC1CC1)C(=O)c1ccccc1. The number of Topliss-reactive ketones (excluding diaryl/α,β-unsaturated/α-hetero) is 1. The molecule has 1 aliphatic rings. The van der Waals surface area contributed by atoms with Crippen LogP contribution in [-0.2, 0) is 4.79 Å². The number of rotatable bonds is 6. The lowest BCUT2D eigenvalue weighted by molar-refractivity contribution is -0.118. The number of benzene rings is 1. The molecule has 0 saturated heterocycles. The first-order valence-electron chi connectivity index (χ1n) is 6.17. The minimum Gasteiger partial charge on any atom is -0.353 e. The van der Waals surface area contributed by atoms with Gasteiger partial charge in [-0.15, -0.1) is 11.8 Å². The highest BCUT2D eigenvalue weighted by Gasteiger charge is 2.24. The average Bonchev–Trinajstić information content (AvgIpc) is 3.20. The van der Waals surface area contributed by atoms with Crippen molar-refractivity contribution in [1.29, 1.82) is 0 Å². The summed E-state index contributed by atoms with van der Waals surface area (Å²) in [5.41, 5.74) is 0.708. The van der Waals surface area contributed by atoms with Crippen molar-refractivity contribution in [3.05, 3.63) is 35.9 Å². The molecule has 96 valence electrons. The van der Waals surface area contributed by atoms with Crippen LogP contribution in [0, 0.1) is 0 Å². The predicted molar refractivity (Wildman–Crippen MR) is 73.9 cm³/mol. The Morgan fingerprint density at radius 1 is 1.33 bits per heavy atom. The summed E-state index contributed by atoms with van der Waals surface area (Å²) in [5.74, 6) is 0.478. The number of hydrogen-bond acceptors (Lipinski definition) is 3. The summed E-state index contributed by atoms with van der Waals surface area (Å²) in [5, 5.41) is 2.73. The molecule has 0 radical (unpaired) electrons. The number of amides is 1. The minimum absolute atomic E-state index is 0.0372. The largest absolute Gasteiger partial charge is 0.353 e. The van der Waals surface area contributed by atoms with E-state index in [4.69, 9.17) is 0 Å². The Hall–Kier alpha value is -1.29. The number of nitrogens with one attached hydrogen (secondary N) is 1. The van der Waals surface area contributed by atoms with E-state index in [1.807, 2.05) is 37.3 Å². The molecule has 1 amide bonds. The Morgan fingerprint density at radius 2 is 2.00 bits per heavy atom. The van der Waals surface area contributed by atoms with Crippen molar-refractivity contribution in [2.75, 3.05) is 5.75 Å². The standard InChI is InChI=1S/C14H17NO2S/c1-10(14(17)11-5-3-2-4-6-11)18-9-13(16)15-12-7-8-12/h2-6,10,12H,7-9H2,1H3,(H,15,16). The van der Waals surface area contributed by atoms with Crippen LogP contribution < -0.4 is 5.32 Å². The van der Waals surface area contributed by atoms with Crippen LogP contribution in [0.25, 0.3) is 0 Å². The van der Waals surface area contributed by atoms with Crippen molar-refractivity contribution in [1.82, 2.24) is 5.32 Å². The Balaban J connectivity index is 1.78. The van der Waals surface area contributed by atoms with Crippen LogP contribution in [0.15, 0.2) is 30.3 Å². The summed E-state index contributed by atoms with van der Waals surface area (Å²) in [4.78, 5) is 23.6. The first-order chi connectivity index (χ1) is 8.66. The zero-order chi connectivity index (χ0) is 13.0. The van der Waals surface area contributed by atoms with E-state index in [-0.39, 0.29) is 16.9 Å². The van der Waals surface area contributed by atoms with Gasteiger partial charge in [0.25, 0.3) is 0 Å². The van der Waals surface area contributed by atoms with E-state index >= 15 is 0 Å². The van der Waals surface area contributed by atoms with E-state index < -0.39 is 0 Å². The third-order valence-corrected chi connectivity index (χ3v) is 3.98. The van der Waals surface area contributed by atoms with Gasteiger partial charge in [-0.1, -0.05) is 30.3 Å². The number of ketones is 1. The Kier molecular flexibility index (Phi) is 4.42. The van der Waals surface area contributed by atoms with Crippen molar-refractivity contribution in [2.45, 2.75) is 31.1 Å². The van der Waals surface area contributed by atoms with Gasteiger partial charge in [-0.2, -0.15) is 0 Å². The van der Waals surface area contributed by atoms with Crippen LogP contribution in [0.5, 0.6) is 0 Å². The molecule has 2 rings (SSSR count). The van der Waals surface area contributed by atoms with Crippen molar-refractivity contribution in [2.24, 2.45) is 0 Å². The second kappa shape index (κ2) is 6.05. The summed E-state index contributed by atoms with van der Waals surface area (Å²) < 4.78 is 0. The lowest BCUT2D eigenvalue weighted by Crippen LogP contribution is -2.28. The molecule has 1 aromatic rings. The quantitative estimate of drug-likeness (QED) is 0.801. The van der Waals surface area contributed by atoms with Crippen LogP contribution in [0.2, 0.25) is 0 Å². The zero-order valence-electron chi connectivity index (χ0n) is 10.4. The van der Waals surface area contributed by atoms with E-state index in [1.165, 1.54) is 11.8 Å². The monoisotopic (exact) mass is 263 g/mol. The highest BCUT2D eigenvalue weighted by molar-refractivity contribution is 8.01. The van der Waals surface area contributed by atoms with Gasteiger partial charge in [0, 0.05) is 11.6 Å². The minimum atomic E-state index is -0.183. The molecular formula is C14H17NO2S. The molecule has 1 unspecified atom stereocenters. The van der Waals surface area contributed by atoms with Crippen LogP contribution in [0.4, 0.5) is 0 Å². The van der Waals surface area contributed by atoms with Gasteiger partial charge in [0.2, 0.25) is 5.91 Å². The van der Waals surface area contributed by atoms with E-state index in [1.54, 1.807) is 0 Å². The molecule has 1 N–H and O–H groups in total. The third kappa shape index (κ3) is 3.88. The van der Waals surface area contributed by atoms with Gasteiger partial charge in [0.15, 0.2) is 5.78 Å². The summed E-state index contributed by atoms with van der Waals surface area (Å²) in [6.45, 7) is 1.85. The molecule has 1 atom stereocenters. The molecule has 0 heterocycles. The molecule has 0 spiro atoms. The van der Waals surface area contributed by atoms with Crippen molar-refractivity contribution >= 4 is 23.5 Å². The van der Waals surface area contributed by atoms with E-state index in [0.29, 0.717) is 17.4 Å². The van der Waals surface area contributed by atoms with Crippen molar-refractivity contribution in [3.8, 4) is 0 Å². The highest BCUT2D eigenvalue weighted by atomic mass is 32.2. The Morgan fingerprint density at radius 3 is 2.61 bits per heavy atom. The van der Waals surface area contributed by atoms with Gasteiger partial charge in [-0.05, 0) is 19.8 Å². The first kappa shape index (κ1) is 13.1. The smallest absolute Gasteiger partial charge is 0.230 e. The maximum Gasteiger partial charge on any atom is 0.230 e. The third-order valence-electron chi connectivity index (χ3n) is 2.83. The molecule has 0 bridgehead atoms. The summed E-state index contributed by atoms with van der Waals surface area (Å²) in [6, 6.07) is 9.60. The van der Waals surface area contributed by atoms with Crippen LogP contribution in [0.3, 0.4) is 0 Å². The summed E-state index contributed by atoms with van der Waals surface area (Å²) >= 11 is 1.40. The summed E-state index contributed by atoms with van der Waals surface area (Å²) in [6.07, 6.45) is 2.18. The van der Waals surface area contributed by atoms with E-state index in [9.17, 15) is 9.59 Å². The van der Waals surface area contributed by atoms with Gasteiger partial charge in [0.05, 0.1) is 11.0 Å². The van der Waals surface area contributed by atoms with Crippen molar-refractivity contribution < 1.29 is 9.59 Å². The van der Waals surface area contributed by atoms with Crippen molar-refractivity contribution in [3.63, 3.8) is 0 Å². The normalized spacial score (nSPS) is 16.1. The van der Waals surface area contributed by atoms with E-state index in [2.05, 4.69) is 5.32 Å². The molecule has 1 saturated carbocycles. The lowest BCUT2D eigenvalue weighted by atomic mass is 10.1. The Bertz CT molecular complexity index is 429. The summed E-state index contributed by atoms with van der Waals surface area (Å²) in [7, 11) is 0.